The van der Waals surface area contributed by atoms with E-state index in [0.29, 0.717) is 24.5 Å². The molecule has 0 aromatic carbocycles. The van der Waals surface area contributed by atoms with Crippen LogP contribution in [0, 0.1) is 17.8 Å². The first-order valence-corrected chi connectivity index (χ1v) is 10.3. The molecule has 2 fully saturated rings. The Balaban J connectivity index is 1.74. The minimum atomic E-state index is -1.33. The summed E-state index contributed by atoms with van der Waals surface area (Å²) >= 11 is -1.33. The summed E-state index contributed by atoms with van der Waals surface area (Å²) in [6.45, 7) is 3.46. The number of rotatable bonds is 12. The molecule has 2 unspecified atom stereocenters. The average molecular weight is 344 g/mol. The fourth-order valence-corrected chi connectivity index (χ4v) is 5.09. The molecule has 1 N–H and O–H groups in total. The molecule has 0 aromatic rings. The lowest BCUT2D eigenvalue weighted by molar-refractivity contribution is 0.193. The molecule has 2 aliphatic rings. The van der Waals surface area contributed by atoms with E-state index < -0.39 is 11.3 Å². The SMILES string of the molecule is CCCOS(=O)NC1[C@H]2CC[C@H](C2)[C@H]1C/C=C\CCCCOC. The van der Waals surface area contributed by atoms with Gasteiger partial charge in [-0.15, -0.1) is 0 Å². The first-order valence-electron chi connectivity index (χ1n) is 9.21. The maximum absolute atomic E-state index is 12.0. The van der Waals surface area contributed by atoms with Gasteiger partial charge in [-0.25, -0.2) is 8.93 Å². The van der Waals surface area contributed by atoms with Crippen molar-refractivity contribution in [1.29, 1.82) is 0 Å². The van der Waals surface area contributed by atoms with Crippen LogP contribution >= 0.6 is 0 Å². The first-order chi connectivity index (χ1) is 11.3. The van der Waals surface area contributed by atoms with Gasteiger partial charge in [-0.2, -0.15) is 0 Å². The highest BCUT2D eigenvalue weighted by atomic mass is 32.2. The second-order valence-corrected chi connectivity index (χ2v) is 7.83. The summed E-state index contributed by atoms with van der Waals surface area (Å²) < 4.78 is 25.7. The number of fused-ring (bicyclic) bond motifs is 2. The molecule has 5 atom stereocenters. The number of nitrogens with one attached hydrogen (secondary N) is 1. The van der Waals surface area contributed by atoms with Crippen molar-refractivity contribution in [2.24, 2.45) is 17.8 Å². The van der Waals surface area contributed by atoms with Crippen molar-refractivity contribution in [2.75, 3.05) is 20.3 Å². The third kappa shape index (κ3) is 5.96. The van der Waals surface area contributed by atoms with Crippen LogP contribution in [-0.2, 0) is 20.2 Å². The molecular formula is C18H33NO3S. The standard InChI is InChI=1S/C18H33NO3S/c1-3-12-22-23(20)19-18-16-11-10-15(14-16)17(18)9-7-5-4-6-8-13-21-2/h5,7,15-19H,3-4,6,8-14H2,1-2H3/b7-5-/t15-,16+,17-,18?,23?/m1/s1. The monoisotopic (exact) mass is 343 g/mol. The van der Waals surface area contributed by atoms with Crippen LogP contribution in [0.4, 0.5) is 0 Å². The van der Waals surface area contributed by atoms with Crippen LogP contribution < -0.4 is 4.72 Å². The van der Waals surface area contributed by atoms with E-state index in [1.54, 1.807) is 7.11 Å². The van der Waals surface area contributed by atoms with Crippen molar-refractivity contribution in [3.8, 4) is 0 Å². The zero-order chi connectivity index (χ0) is 16.5. The first kappa shape index (κ1) is 19.1. The van der Waals surface area contributed by atoms with Crippen LogP contribution in [0.15, 0.2) is 12.2 Å². The zero-order valence-corrected chi connectivity index (χ0v) is 15.5. The summed E-state index contributed by atoms with van der Waals surface area (Å²) in [4.78, 5) is 0. The number of methoxy groups -OCH3 is 1. The summed E-state index contributed by atoms with van der Waals surface area (Å²) in [6, 6.07) is 0.365. The predicted molar refractivity (Wildman–Crippen MR) is 95.1 cm³/mol. The van der Waals surface area contributed by atoms with Crippen LogP contribution in [0.5, 0.6) is 0 Å². The third-order valence-corrected chi connectivity index (χ3v) is 6.10. The Morgan fingerprint density at radius 2 is 2.00 bits per heavy atom. The Morgan fingerprint density at radius 1 is 1.17 bits per heavy atom. The highest BCUT2D eigenvalue weighted by Crippen LogP contribution is 2.50. The van der Waals surface area contributed by atoms with Crippen LogP contribution in [-0.4, -0.2) is 30.6 Å². The van der Waals surface area contributed by atoms with E-state index in [1.807, 2.05) is 6.92 Å². The smallest absolute Gasteiger partial charge is 0.234 e. The van der Waals surface area contributed by atoms with E-state index >= 15 is 0 Å². The molecule has 0 spiro atoms. The molecule has 0 amide bonds. The molecule has 2 rings (SSSR count). The lowest BCUT2D eigenvalue weighted by atomic mass is 9.83. The molecule has 2 bridgehead atoms. The summed E-state index contributed by atoms with van der Waals surface area (Å²) in [6.07, 6.45) is 14.0. The summed E-state index contributed by atoms with van der Waals surface area (Å²) in [5.74, 6) is 2.12. The van der Waals surface area contributed by atoms with Crippen molar-refractivity contribution in [3.05, 3.63) is 12.2 Å². The van der Waals surface area contributed by atoms with Gasteiger partial charge < -0.3 is 4.74 Å². The van der Waals surface area contributed by atoms with Gasteiger partial charge in [0, 0.05) is 19.8 Å². The van der Waals surface area contributed by atoms with E-state index in [9.17, 15) is 4.21 Å². The van der Waals surface area contributed by atoms with Gasteiger partial charge in [0.1, 0.15) is 0 Å². The molecule has 0 aromatic heterocycles. The van der Waals surface area contributed by atoms with Crippen LogP contribution in [0.3, 0.4) is 0 Å². The predicted octanol–water partition coefficient (Wildman–Crippen LogP) is 3.76. The maximum Gasteiger partial charge on any atom is 0.234 e. The van der Waals surface area contributed by atoms with E-state index in [1.165, 1.54) is 25.7 Å². The fourth-order valence-electron chi connectivity index (χ4n) is 4.12. The molecule has 23 heavy (non-hydrogen) atoms. The molecule has 0 aliphatic heterocycles. The maximum atomic E-state index is 12.0. The van der Waals surface area contributed by atoms with Gasteiger partial charge >= 0.3 is 0 Å². The number of hydrogen-bond donors (Lipinski definition) is 1. The highest BCUT2D eigenvalue weighted by molar-refractivity contribution is 7.78. The molecule has 2 aliphatic carbocycles. The minimum absolute atomic E-state index is 0.365. The molecule has 0 radical (unpaired) electrons. The van der Waals surface area contributed by atoms with Crippen LogP contribution in [0.25, 0.3) is 0 Å². The fraction of sp³-hybridized carbons (Fsp3) is 0.889. The van der Waals surface area contributed by atoms with E-state index in [2.05, 4.69) is 16.9 Å². The molecular weight excluding hydrogens is 310 g/mol. The molecule has 4 nitrogen and oxygen atoms in total. The lowest BCUT2D eigenvalue weighted by Gasteiger charge is -2.30. The van der Waals surface area contributed by atoms with Gasteiger partial charge in [-0.3, -0.25) is 4.18 Å². The Kier molecular flexibility index (Phi) is 8.80. The summed E-state index contributed by atoms with van der Waals surface area (Å²) in [5.41, 5.74) is 0. The Bertz CT molecular complexity index is 388. The minimum Gasteiger partial charge on any atom is -0.385 e. The highest BCUT2D eigenvalue weighted by Gasteiger charge is 2.47. The van der Waals surface area contributed by atoms with E-state index in [-0.39, 0.29) is 0 Å². The van der Waals surface area contributed by atoms with Crippen molar-refractivity contribution >= 4 is 11.3 Å². The molecule has 5 heteroatoms. The molecule has 0 saturated heterocycles. The normalized spacial score (nSPS) is 31.2. The van der Waals surface area contributed by atoms with Crippen LogP contribution in [0.2, 0.25) is 0 Å². The Hall–Kier alpha value is -0.230. The lowest BCUT2D eigenvalue weighted by Crippen LogP contribution is -2.42. The number of unbranched alkanes of at least 4 members (excludes halogenated alkanes) is 2. The second-order valence-electron chi connectivity index (χ2n) is 6.89. The van der Waals surface area contributed by atoms with Gasteiger partial charge in [-0.05, 0) is 69.1 Å². The van der Waals surface area contributed by atoms with Gasteiger partial charge in [0.05, 0.1) is 6.61 Å². The van der Waals surface area contributed by atoms with Crippen molar-refractivity contribution in [3.63, 3.8) is 0 Å². The topological polar surface area (TPSA) is 47.6 Å². The van der Waals surface area contributed by atoms with Gasteiger partial charge in [0.15, 0.2) is 0 Å². The number of allylic oxidation sites excluding steroid dienone is 2. The second kappa shape index (κ2) is 10.6. The third-order valence-electron chi connectivity index (χ3n) is 5.26. The van der Waals surface area contributed by atoms with E-state index in [4.69, 9.17) is 8.92 Å². The molecule has 0 heterocycles. The Labute approximate surface area is 144 Å². The van der Waals surface area contributed by atoms with Crippen molar-refractivity contribution in [1.82, 2.24) is 4.72 Å². The zero-order valence-electron chi connectivity index (χ0n) is 14.7. The van der Waals surface area contributed by atoms with Gasteiger partial charge in [0.25, 0.3) is 0 Å². The largest absolute Gasteiger partial charge is 0.385 e. The average Bonchev–Trinajstić information content (AvgIpc) is 3.14. The Morgan fingerprint density at radius 3 is 2.78 bits per heavy atom. The number of hydrogen-bond acceptors (Lipinski definition) is 3. The van der Waals surface area contributed by atoms with Crippen LogP contribution in [0.1, 0.15) is 58.3 Å². The van der Waals surface area contributed by atoms with E-state index in [0.717, 1.165) is 38.2 Å². The van der Waals surface area contributed by atoms with Crippen molar-refractivity contribution < 1.29 is 13.1 Å². The number of ether oxygens (including phenoxy) is 1. The van der Waals surface area contributed by atoms with Gasteiger partial charge in [-0.1, -0.05) is 19.1 Å². The quantitative estimate of drug-likeness (QED) is 0.433. The van der Waals surface area contributed by atoms with Gasteiger partial charge in [0.2, 0.25) is 11.3 Å². The molecule has 134 valence electrons. The van der Waals surface area contributed by atoms with Crippen molar-refractivity contribution in [2.45, 2.75) is 64.3 Å². The summed E-state index contributed by atoms with van der Waals surface area (Å²) in [5, 5.41) is 0. The molecule has 2 saturated carbocycles. The summed E-state index contributed by atoms with van der Waals surface area (Å²) in [7, 11) is 1.76.